The maximum atomic E-state index is 12.6. The van der Waals surface area contributed by atoms with Crippen LogP contribution in [0.25, 0.3) is 21.7 Å². The van der Waals surface area contributed by atoms with Crippen molar-refractivity contribution in [1.29, 1.82) is 0 Å². The molecule has 1 aromatic heterocycles. The molecule has 1 fully saturated rings. The standard InChI is InChI=1S/C32H30Cl2FN3OS/c33-24-8-12-28(30(34)18-24)29-4-1-3-22-17-23(32-37-36-20-40-32)7-11-27(22)31(29)21-5-9-25(10-6-21)39-26-13-16-38(19-26)15-2-14-35/h5-12,17-18,20,26H,1-4,13-16,19H2. The molecule has 0 amide bonds. The molecule has 0 N–H and O–H groups in total. The fourth-order valence-corrected chi connectivity index (χ4v) is 6.90. The number of halogens is 3. The number of aryl methyl sites for hydroxylation is 1. The van der Waals surface area contributed by atoms with E-state index in [4.69, 9.17) is 27.9 Å². The number of allylic oxidation sites excluding steroid dienone is 1. The van der Waals surface area contributed by atoms with Crippen molar-refractivity contribution >= 4 is 45.7 Å². The second kappa shape index (κ2) is 12.4. The number of fused-ring (bicyclic) bond motifs is 1. The van der Waals surface area contributed by atoms with Crippen molar-refractivity contribution in [2.75, 3.05) is 26.3 Å². The lowest BCUT2D eigenvalue weighted by molar-refractivity contribution is 0.198. The lowest BCUT2D eigenvalue weighted by Crippen LogP contribution is -2.26. The highest BCUT2D eigenvalue weighted by atomic mass is 35.5. The number of ether oxygens (including phenoxy) is 1. The van der Waals surface area contributed by atoms with E-state index >= 15 is 0 Å². The third-order valence-electron chi connectivity index (χ3n) is 7.70. The van der Waals surface area contributed by atoms with Gasteiger partial charge < -0.3 is 4.74 Å². The van der Waals surface area contributed by atoms with E-state index in [1.165, 1.54) is 22.3 Å². The Balaban J connectivity index is 1.36. The highest BCUT2D eigenvalue weighted by molar-refractivity contribution is 7.12. The molecule has 2 heterocycles. The average Bonchev–Trinajstić information content (AvgIpc) is 3.62. The minimum atomic E-state index is -0.269. The van der Waals surface area contributed by atoms with E-state index in [2.05, 4.69) is 57.6 Å². The number of hydrogen-bond donors (Lipinski definition) is 0. The van der Waals surface area contributed by atoms with Crippen molar-refractivity contribution in [3.8, 4) is 16.3 Å². The largest absolute Gasteiger partial charge is 0.489 e. The minimum Gasteiger partial charge on any atom is -0.489 e. The van der Waals surface area contributed by atoms with Crippen molar-refractivity contribution in [2.24, 2.45) is 0 Å². The van der Waals surface area contributed by atoms with Crippen LogP contribution in [0.4, 0.5) is 4.39 Å². The molecule has 0 saturated carbocycles. The Bertz CT molecular complexity index is 1510. The van der Waals surface area contributed by atoms with E-state index in [0.717, 1.165) is 72.8 Å². The Morgan fingerprint density at radius 3 is 2.58 bits per heavy atom. The van der Waals surface area contributed by atoms with Crippen LogP contribution in [0.5, 0.6) is 5.75 Å². The van der Waals surface area contributed by atoms with Crippen LogP contribution in [0.2, 0.25) is 10.0 Å². The smallest absolute Gasteiger partial charge is 0.147 e. The molecule has 0 radical (unpaired) electrons. The highest BCUT2D eigenvalue weighted by Gasteiger charge is 2.25. The predicted molar refractivity (Wildman–Crippen MR) is 163 cm³/mol. The second-order valence-corrected chi connectivity index (χ2v) is 12.0. The van der Waals surface area contributed by atoms with Crippen LogP contribution in [0.3, 0.4) is 0 Å². The van der Waals surface area contributed by atoms with Gasteiger partial charge in [-0.05, 0) is 95.8 Å². The van der Waals surface area contributed by atoms with Crippen molar-refractivity contribution in [2.45, 2.75) is 38.2 Å². The van der Waals surface area contributed by atoms with E-state index in [1.807, 2.05) is 18.2 Å². The molecule has 4 aromatic rings. The summed E-state index contributed by atoms with van der Waals surface area (Å²) >= 11 is 14.6. The first-order valence-corrected chi connectivity index (χ1v) is 15.4. The first-order chi connectivity index (χ1) is 19.6. The Morgan fingerprint density at radius 1 is 0.975 bits per heavy atom. The van der Waals surface area contributed by atoms with Crippen molar-refractivity contribution in [1.82, 2.24) is 15.1 Å². The van der Waals surface area contributed by atoms with Gasteiger partial charge in [-0.15, -0.1) is 10.2 Å². The van der Waals surface area contributed by atoms with E-state index in [0.29, 0.717) is 16.5 Å². The monoisotopic (exact) mass is 593 g/mol. The Kier molecular flexibility index (Phi) is 8.49. The molecule has 0 spiro atoms. The summed E-state index contributed by atoms with van der Waals surface area (Å²) in [4.78, 5) is 2.28. The van der Waals surface area contributed by atoms with Crippen molar-refractivity contribution in [3.63, 3.8) is 0 Å². The molecular formula is C32H30Cl2FN3OS. The number of alkyl halides is 1. The molecule has 206 valence electrons. The van der Waals surface area contributed by atoms with Crippen molar-refractivity contribution < 1.29 is 9.13 Å². The maximum Gasteiger partial charge on any atom is 0.147 e. The van der Waals surface area contributed by atoms with E-state index in [-0.39, 0.29) is 12.8 Å². The fourth-order valence-electron chi connectivity index (χ4n) is 5.83. The fraction of sp³-hybridized carbons (Fsp3) is 0.312. The number of nitrogens with zero attached hydrogens (tertiary/aromatic N) is 3. The zero-order valence-corrected chi connectivity index (χ0v) is 24.4. The van der Waals surface area contributed by atoms with Crippen LogP contribution in [-0.4, -0.2) is 47.5 Å². The molecule has 1 unspecified atom stereocenters. The van der Waals surface area contributed by atoms with Gasteiger partial charge in [-0.1, -0.05) is 64.9 Å². The number of likely N-dealkylation sites (tertiary alicyclic amines) is 1. The zero-order chi connectivity index (χ0) is 27.5. The number of rotatable bonds is 8. The van der Waals surface area contributed by atoms with Gasteiger partial charge in [0.05, 0.1) is 6.67 Å². The van der Waals surface area contributed by atoms with Gasteiger partial charge in [0.2, 0.25) is 0 Å². The summed E-state index contributed by atoms with van der Waals surface area (Å²) in [5.74, 6) is 0.855. The third-order valence-corrected chi connectivity index (χ3v) is 8.98. The van der Waals surface area contributed by atoms with Gasteiger partial charge in [0.15, 0.2) is 0 Å². The van der Waals surface area contributed by atoms with Gasteiger partial charge >= 0.3 is 0 Å². The molecule has 40 heavy (non-hydrogen) atoms. The van der Waals surface area contributed by atoms with Crippen molar-refractivity contribution in [3.05, 3.63) is 98.5 Å². The SMILES string of the molecule is FCCCN1CCC(Oc2ccc(C3=C(c4ccc(Cl)cc4Cl)CCCc4cc(-c5nncs5)ccc43)cc2)C1. The van der Waals surface area contributed by atoms with Gasteiger partial charge in [0.1, 0.15) is 22.4 Å². The number of hydrogen-bond acceptors (Lipinski definition) is 5. The minimum absolute atomic E-state index is 0.130. The van der Waals surface area contributed by atoms with Crippen LogP contribution in [0.1, 0.15) is 47.9 Å². The number of aromatic nitrogens is 2. The van der Waals surface area contributed by atoms with Crippen LogP contribution in [0, 0.1) is 0 Å². The highest BCUT2D eigenvalue weighted by Crippen LogP contribution is 2.43. The van der Waals surface area contributed by atoms with Gasteiger partial charge in [0, 0.05) is 35.2 Å². The molecule has 2 aliphatic rings. The lowest BCUT2D eigenvalue weighted by Gasteiger charge is -2.19. The molecule has 1 aliphatic carbocycles. The second-order valence-electron chi connectivity index (χ2n) is 10.3. The summed E-state index contributed by atoms with van der Waals surface area (Å²) in [7, 11) is 0. The normalized spacial score (nSPS) is 17.6. The van der Waals surface area contributed by atoms with Gasteiger partial charge in [0.25, 0.3) is 0 Å². The Labute approximate surface area is 248 Å². The molecule has 8 heteroatoms. The topological polar surface area (TPSA) is 38.2 Å². The molecular weight excluding hydrogens is 564 g/mol. The van der Waals surface area contributed by atoms with Crippen LogP contribution < -0.4 is 4.74 Å². The van der Waals surface area contributed by atoms with Gasteiger partial charge in [-0.25, -0.2) is 0 Å². The molecule has 0 bridgehead atoms. The molecule has 1 atom stereocenters. The molecule has 1 aliphatic heterocycles. The summed E-state index contributed by atoms with van der Waals surface area (Å²) in [6, 6.07) is 20.8. The lowest BCUT2D eigenvalue weighted by atomic mass is 9.87. The van der Waals surface area contributed by atoms with Crippen LogP contribution in [-0.2, 0) is 6.42 Å². The Morgan fingerprint density at radius 2 is 1.80 bits per heavy atom. The summed E-state index contributed by atoms with van der Waals surface area (Å²) in [6.07, 6.45) is 4.54. The zero-order valence-electron chi connectivity index (χ0n) is 22.1. The molecule has 6 rings (SSSR count). The first kappa shape index (κ1) is 27.4. The van der Waals surface area contributed by atoms with Gasteiger partial charge in [-0.2, -0.15) is 0 Å². The van der Waals surface area contributed by atoms with E-state index in [1.54, 1.807) is 16.8 Å². The van der Waals surface area contributed by atoms with Gasteiger partial charge in [-0.3, -0.25) is 9.29 Å². The summed E-state index contributed by atoms with van der Waals surface area (Å²) in [5.41, 5.74) is 9.90. The molecule has 3 aromatic carbocycles. The van der Waals surface area contributed by atoms with E-state index in [9.17, 15) is 4.39 Å². The number of benzene rings is 3. The third kappa shape index (κ3) is 5.96. The summed E-state index contributed by atoms with van der Waals surface area (Å²) < 4.78 is 18.9. The average molecular weight is 595 g/mol. The summed E-state index contributed by atoms with van der Waals surface area (Å²) in [6.45, 7) is 2.32. The molecule has 4 nitrogen and oxygen atoms in total. The Hall–Kier alpha value is -2.77. The predicted octanol–water partition coefficient (Wildman–Crippen LogP) is 8.62. The van der Waals surface area contributed by atoms with Crippen LogP contribution in [0.15, 0.2) is 66.2 Å². The summed E-state index contributed by atoms with van der Waals surface area (Å²) in [5, 5.41) is 10.5. The quantitative estimate of drug-likeness (QED) is 0.205. The first-order valence-electron chi connectivity index (χ1n) is 13.7. The van der Waals surface area contributed by atoms with E-state index < -0.39 is 0 Å². The maximum absolute atomic E-state index is 12.6. The molecule has 1 saturated heterocycles. The van der Waals surface area contributed by atoms with Crippen LogP contribution >= 0.6 is 34.5 Å².